The molecule has 0 N–H and O–H groups in total. The Balaban J connectivity index is 2.25. The molecule has 0 aliphatic carbocycles. The maximum atomic E-state index is 9.00. The minimum Gasteiger partial charge on any atom is -0.496 e. The lowest BCUT2D eigenvalue weighted by Gasteiger charge is -2.06. The third-order valence-corrected chi connectivity index (χ3v) is 3.01. The normalized spacial score (nSPS) is 10.2. The molecule has 0 atom stereocenters. The van der Waals surface area contributed by atoms with Gasteiger partial charge in [-0.15, -0.1) is 0 Å². The highest BCUT2D eigenvalue weighted by molar-refractivity contribution is 5.71. The Hall–Kier alpha value is -2.32. The fraction of sp³-hybridized carbons (Fsp3) is 0.333. The summed E-state index contributed by atoms with van der Waals surface area (Å²) >= 11 is 0. The summed E-state index contributed by atoms with van der Waals surface area (Å²) in [5.74, 6) is 0.737. The predicted molar refractivity (Wildman–Crippen MR) is 75.4 cm³/mol. The zero-order valence-corrected chi connectivity index (χ0v) is 11.7. The number of ether oxygens (including phenoxy) is 2. The van der Waals surface area contributed by atoms with Crippen LogP contribution in [0.3, 0.4) is 0 Å². The Kier molecular flexibility index (Phi) is 4.75. The maximum absolute atomic E-state index is 9.00. The molecule has 5 heteroatoms. The van der Waals surface area contributed by atoms with Gasteiger partial charge in [-0.25, -0.2) is 0 Å². The highest BCUT2D eigenvalue weighted by Gasteiger charge is 2.09. The highest BCUT2D eigenvalue weighted by atomic mass is 16.5. The van der Waals surface area contributed by atoms with E-state index in [0.717, 1.165) is 29.8 Å². The Morgan fingerprint density at radius 2 is 2.20 bits per heavy atom. The van der Waals surface area contributed by atoms with E-state index < -0.39 is 0 Å². The van der Waals surface area contributed by atoms with Crippen LogP contribution >= 0.6 is 0 Å². The zero-order chi connectivity index (χ0) is 14.4. The van der Waals surface area contributed by atoms with Crippen LogP contribution in [0, 0.1) is 11.3 Å². The van der Waals surface area contributed by atoms with Crippen LogP contribution in [0.2, 0.25) is 0 Å². The van der Waals surface area contributed by atoms with Gasteiger partial charge in [-0.2, -0.15) is 10.4 Å². The number of hydrogen-bond acceptors (Lipinski definition) is 4. The lowest BCUT2D eigenvalue weighted by Crippen LogP contribution is -2.01. The van der Waals surface area contributed by atoms with Gasteiger partial charge >= 0.3 is 0 Å². The minimum atomic E-state index is 0.605. The molecule has 5 nitrogen and oxygen atoms in total. The molecule has 0 unspecified atom stereocenters. The molecule has 0 saturated carbocycles. The summed E-state index contributed by atoms with van der Waals surface area (Å²) < 4.78 is 12.2. The average molecular weight is 271 g/mol. The number of rotatable bonds is 6. The van der Waals surface area contributed by atoms with Gasteiger partial charge in [-0.05, 0) is 24.6 Å². The van der Waals surface area contributed by atoms with Gasteiger partial charge in [0.1, 0.15) is 5.75 Å². The maximum Gasteiger partial charge on any atom is 0.126 e. The van der Waals surface area contributed by atoms with Gasteiger partial charge in [-0.3, -0.25) is 4.68 Å². The van der Waals surface area contributed by atoms with E-state index in [1.54, 1.807) is 32.5 Å². The van der Waals surface area contributed by atoms with Crippen molar-refractivity contribution in [3.8, 4) is 22.9 Å². The molecule has 0 saturated heterocycles. The predicted octanol–water partition coefficient (Wildman–Crippen LogP) is 2.47. The van der Waals surface area contributed by atoms with Crippen molar-refractivity contribution in [3.63, 3.8) is 0 Å². The second-order valence-corrected chi connectivity index (χ2v) is 4.37. The smallest absolute Gasteiger partial charge is 0.126 e. The van der Waals surface area contributed by atoms with Crippen molar-refractivity contribution < 1.29 is 9.47 Å². The molecule has 0 aliphatic heterocycles. The fourth-order valence-corrected chi connectivity index (χ4v) is 2.00. The van der Waals surface area contributed by atoms with Crippen molar-refractivity contribution in [1.29, 1.82) is 5.26 Å². The molecule has 0 fully saturated rings. The van der Waals surface area contributed by atoms with Crippen LogP contribution < -0.4 is 4.74 Å². The topological polar surface area (TPSA) is 60.1 Å². The first-order valence-corrected chi connectivity index (χ1v) is 6.38. The Morgan fingerprint density at radius 1 is 1.35 bits per heavy atom. The quantitative estimate of drug-likeness (QED) is 0.757. The molecular weight excluding hydrogens is 254 g/mol. The number of hydrogen-bond donors (Lipinski definition) is 0. The standard InChI is InChI=1S/C15H17N3O2/c1-19-7-3-6-18-11-13(10-17-18)14-8-12(9-16)4-5-15(14)20-2/h4-5,8,10-11H,3,6-7H2,1-2H3. The van der Waals surface area contributed by atoms with Crippen LogP contribution in [0.15, 0.2) is 30.6 Å². The third kappa shape index (κ3) is 3.16. The molecular formula is C15H17N3O2. The van der Waals surface area contributed by atoms with Crippen LogP contribution in [0.25, 0.3) is 11.1 Å². The molecule has 0 bridgehead atoms. The number of aromatic nitrogens is 2. The first kappa shape index (κ1) is 14.1. The Bertz CT molecular complexity index is 614. The van der Waals surface area contributed by atoms with Crippen molar-refractivity contribution in [1.82, 2.24) is 9.78 Å². The lowest BCUT2D eigenvalue weighted by molar-refractivity contribution is 0.189. The largest absolute Gasteiger partial charge is 0.496 e. The van der Waals surface area contributed by atoms with Crippen LogP contribution in [0.1, 0.15) is 12.0 Å². The second-order valence-electron chi connectivity index (χ2n) is 4.37. The summed E-state index contributed by atoms with van der Waals surface area (Å²) in [6, 6.07) is 7.50. The van der Waals surface area contributed by atoms with Crippen LogP contribution in [-0.4, -0.2) is 30.6 Å². The highest BCUT2D eigenvalue weighted by Crippen LogP contribution is 2.30. The van der Waals surface area contributed by atoms with Crippen LogP contribution in [-0.2, 0) is 11.3 Å². The lowest BCUT2D eigenvalue weighted by atomic mass is 10.1. The number of benzene rings is 1. The van der Waals surface area contributed by atoms with Crippen LogP contribution in [0.5, 0.6) is 5.75 Å². The van der Waals surface area contributed by atoms with E-state index in [9.17, 15) is 0 Å². The van der Waals surface area contributed by atoms with Crippen molar-refractivity contribution in [3.05, 3.63) is 36.2 Å². The molecule has 1 aromatic carbocycles. The summed E-state index contributed by atoms with van der Waals surface area (Å²) in [6.45, 7) is 1.51. The molecule has 1 heterocycles. The molecule has 1 aromatic heterocycles. The van der Waals surface area contributed by atoms with Gasteiger partial charge in [0.05, 0.1) is 24.9 Å². The summed E-state index contributed by atoms with van der Waals surface area (Å²) in [5.41, 5.74) is 2.42. The van der Waals surface area contributed by atoms with E-state index in [4.69, 9.17) is 14.7 Å². The molecule has 2 aromatic rings. The van der Waals surface area contributed by atoms with E-state index in [2.05, 4.69) is 11.2 Å². The van der Waals surface area contributed by atoms with Gasteiger partial charge in [0, 0.05) is 37.6 Å². The molecule has 104 valence electrons. The zero-order valence-electron chi connectivity index (χ0n) is 11.7. The van der Waals surface area contributed by atoms with Gasteiger partial charge < -0.3 is 9.47 Å². The van der Waals surface area contributed by atoms with E-state index in [0.29, 0.717) is 12.2 Å². The number of nitrogens with zero attached hydrogens (tertiary/aromatic N) is 3. The number of nitriles is 1. The van der Waals surface area contributed by atoms with Gasteiger partial charge in [0.15, 0.2) is 0 Å². The average Bonchev–Trinajstić information content (AvgIpc) is 2.95. The molecule has 0 amide bonds. The summed E-state index contributed by atoms with van der Waals surface area (Å²) in [7, 11) is 3.31. The Labute approximate surface area is 118 Å². The third-order valence-electron chi connectivity index (χ3n) is 3.01. The Morgan fingerprint density at radius 3 is 2.90 bits per heavy atom. The summed E-state index contributed by atoms with van der Waals surface area (Å²) in [6.07, 6.45) is 4.65. The number of methoxy groups -OCH3 is 2. The van der Waals surface area contributed by atoms with Crippen molar-refractivity contribution in [2.24, 2.45) is 0 Å². The second kappa shape index (κ2) is 6.73. The first-order chi connectivity index (χ1) is 9.78. The molecule has 0 radical (unpaired) electrons. The molecule has 0 aliphatic rings. The summed E-state index contributed by atoms with van der Waals surface area (Å²) in [5, 5.41) is 13.3. The first-order valence-electron chi connectivity index (χ1n) is 6.38. The van der Waals surface area contributed by atoms with Crippen LogP contribution in [0.4, 0.5) is 0 Å². The van der Waals surface area contributed by atoms with Gasteiger partial charge in [0.25, 0.3) is 0 Å². The monoisotopic (exact) mass is 271 g/mol. The van der Waals surface area contributed by atoms with Gasteiger partial charge in [-0.1, -0.05) is 0 Å². The fourth-order valence-electron chi connectivity index (χ4n) is 2.00. The minimum absolute atomic E-state index is 0.605. The van der Waals surface area contributed by atoms with Crippen molar-refractivity contribution in [2.75, 3.05) is 20.8 Å². The van der Waals surface area contributed by atoms with Gasteiger partial charge in [0.2, 0.25) is 0 Å². The molecule has 0 spiro atoms. The summed E-state index contributed by atoms with van der Waals surface area (Å²) in [4.78, 5) is 0. The van der Waals surface area contributed by atoms with Crippen molar-refractivity contribution >= 4 is 0 Å². The molecule has 20 heavy (non-hydrogen) atoms. The number of aryl methyl sites for hydroxylation is 1. The van der Waals surface area contributed by atoms with Crippen molar-refractivity contribution in [2.45, 2.75) is 13.0 Å². The van der Waals surface area contributed by atoms with E-state index in [1.165, 1.54) is 0 Å². The van der Waals surface area contributed by atoms with E-state index in [-0.39, 0.29) is 0 Å². The van der Waals surface area contributed by atoms with E-state index >= 15 is 0 Å². The molecule has 2 rings (SSSR count). The SMILES string of the molecule is COCCCn1cc(-c2cc(C#N)ccc2OC)cn1. The van der Waals surface area contributed by atoms with E-state index in [1.807, 2.05) is 16.9 Å².